The first-order chi connectivity index (χ1) is 9.89. The van der Waals surface area contributed by atoms with Crippen LogP contribution < -0.4 is 0 Å². The van der Waals surface area contributed by atoms with Crippen LogP contribution in [-0.2, 0) is 9.59 Å². The van der Waals surface area contributed by atoms with Crippen molar-refractivity contribution in [3.05, 3.63) is 11.6 Å². The summed E-state index contributed by atoms with van der Waals surface area (Å²) in [6, 6.07) is 0. The third-order valence-corrected chi connectivity index (χ3v) is 3.87. The van der Waals surface area contributed by atoms with Crippen molar-refractivity contribution in [2.45, 2.75) is 79.6 Å². The molecule has 0 N–H and O–H groups in total. The Morgan fingerprint density at radius 2 is 1.67 bits per heavy atom. The van der Waals surface area contributed by atoms with Gasteiger partial charge in [0.25, 0.3) is 0 Å². The molecule has 2 heteroatoms. The summed E-state index contributed by atoms with van der Waals surface area (Å²) in [6.45, 7) is 10.9. The number of allylic oxidation sites excluding steroid dienone is 2. The molecule has 0 saturated heterocycles. The van der Waals surface area contributed by atoms with Crippen molar-refractivity contribution in [3.8, 4) is 0 Å². The summed E-state index contributed by atoms with van der Waals surface area (Å²) < 4.78 is 0. The minimum Gasteiger partial charge on any atom is -0.234 e. The van der Waals surface area contributed by atoms with E-state index in [0.717, 1.165) is 44.1 Å². The van der Waals surface area contributed by atoms with Gasteiger partial charge in [0.15, 0.2) is 0 Å². The molecule has 0 saturated carbocycles. The van der Waals surface area contributed by atoms with E-state index in [-0.39, 0.29) is 5.41 Å². The largest absolute Gasteiger partial charge is 0.234 e. The van der Waals surface area contributed by atoms with Crippen molar-refractivity contribution in [3.63, 3.8) is 0 Å². The number of hydrogen-bond acceptors (Lipinski definition) is 2. The van der Waals surface area contributed by atoms with Gasteiger partial charge in [0, 0.05) is 11.6 Å². The molecule has 0 aliphatic carbocycles. The van der Waals surface area contributed by atoms with Gasteiger partial charge in [-0.15, -0.1) is 0 Å². The second-order valence-corrected chi connectivity index (χ2v) is 7.21. The Balaban J connectivity index is 5.28. The molecule has 0 amide bonds. The molecule has 120 valence electrons. The summed E-state index contributed by atoms with van der Waals surface area (Å²) in [5.41, 5.74) is 0.887. The normalized spacial score (nSPS) is 11.4. The predicted molar refractivity (Wildman–Crippen MR) is 89.6 cm³/mol. The lowest BCUT2D eigenvalue weighted by Crippen LogP contribution is -2.26. The maximum absolute atomic E-state index is 11.3. The van der Waals surface area contributed by atoms with Crippen LogP contribution in [-0.4, -0.2) is 11.9 Å². The van der Waals surface area contributed by atoms with Crippen molar-refractivity contribution in [2.24, 2.45) is 17.3 Å². The lowest BCUT2D eigenvalue weighted by atomic mass is 9.68. The zero-order valence-electron chi connectivity index (χ0n) is 14.5. The molecule has 0 heterocycles. The summed E-state index contributed by atoms with van der Waals surface area (Å²) >= 11 is 0. The van der Waals surface area contributed by atoms with Gasteiger partial charge in [-0.25, -0.2) is 9.59 Å². The van der Waals surface area contributed by atoms with Crippen molar-refractivity contribution >= 4 is 11.9 Å². The molecule has 0 aliphatic rings. The Kier molecular flexibility index (Phi) is 10.0. The smallest absolute Gasteiger partial charge is 0.123 e. The minimum absolute atomic E-state index is 0.000226. The zero-order chi connectivity index (χ0) is 16.3. The highest BCUT2D eigenvalue weighted by Crippen LogP contribution is 2.43. The van der Waals surface area contributed by atoms with Crippen LogP contribution in [0, 0.1) is 17.3 Å². The molecule has 0 aliphatic heterocycles. The fraction of sp³-hybridized carbons (Fsp3) is 0.789. The molecule has 2 nitrogen and oxygen atoms in total. The first kappa shape index (κ1) is 19.9. The molecule has 0 fully saturated rings. The summed E-state index contributed by atoms with van der Waals surface area (Å²) in [5.74, 6) is 5.18. The summed E-state index contributed by atoms with van der Waals surface area (Å²) in [4.78, 5) is 22.0. The van der Waals surface area contributed by atoms with Crippen molar-refractivity contribution < 1.29 is 9.59 Å². The number of unbranched alkanes of at least 4 members (excludes halogenated alkanes) is 1. The van der Waals surface area contributed by atoms with Crippen molar-refractivity contribution in [1.29, 1.82) is 0 Å². The second-order valence-electron chi connectivity index (χ2n) is 7.21. The molecule has 0 aromatic rings. The molecule has 0 radical (unpaired) electrons. The monoisotopic (exact) mass is 292 g/mol. The third kappa shape index (κ3) is 8.71. The van der Waals surface area contributed by atoms with Crippen LogP contribution in [0.4, 0.5) is 0 Å². The van der Waals surface area contributed by atoms with Gasteiger partial charge in [-0.2, -0.15) is 0 Å². The average molecular weight is 292 g/mol. The van der Waals surface area contributed by atoms with Crippen LogP contribution in [0.25, 0.3) is 0 Å². The average Bonchev–Trinajstić information content (AvgIpc) is 2.39. The van der Waals surface area contributed by atoms with Gasteiger partial charge in [0.2, 0.25) is 0 Å². The van der Waals surface area contributed by atoms with Crippen LogP contribution in [0.1, 0.15) is 79.6 Å². The van der Waals surface area contributed by atoms with Gasteiger partial charge in [-0.05, 0) is 55.8 Å². The second kappa shape index (κ2) is 10.6. The highest BCUT2D eigenvalue weighted by atomic mass is 16.1. The van der Waals surface area contributed by atoms with Crippen LogP contribution >= 0.6 is 0 Å². The predicted octanol–water partition coefficient (Wildman–Crippen LogP) is 5.18. The third-order valence-electron chi connectivity index (χ3n) is 3.87. The fourth-order valence-corrected chi connectivity index (χ4v) is 3.48. The zero-order valence-corrected chi connectivity index (χ0v) is 14.5. The SMILES string of the molecule is CCCCC(=C=O)CC(CC=C=O)(CC(C)C)CC(C)C. The van der Waals surface area contributed by atoms with Gasteiger partial charge in [-0.3, -0.25) is 0 Å². The van der Waals surface area contributed by atoms with Crippen LogP contribution in [0.5, 0.6) is 0 Å². The van der Waals surface area contributed by atoms with Gasteiger partial charge in [-0.1, -0.05) is 41.0 Å². The molecule has 0 aromatic heterocycles. The van der Waals surface area contributed by atoms with Crippen LogP contribution in [0.15, 0.2) is 11.6 Å². The van der Waals surface area contributed by atoms with Crippen molar-refractivity contribution in [1.82, 2.24) is 0 Å². The van der Waals surface area contributed by atoms with Crippen LogP contribution in [0.3, 0.4) is 0 Å². The Labute approximate surface area is 130 Å². The van der Waals surface area contributed by atoms with Gasteiger partial charge >= 0.3 is 0 Å². The first-order valence-corrected chi connectivity index (χ1v) is 8.31. The molecule has 0 spiro atoms. The first-order valence-electron chi connectivity index (χ1n) is 8.31. The van der Waals surface area contributed by atoms with E-state index in [2.05, 4.69) is 40.6 Å². The van der Waals surface area contributed by atoms with E-state index in [0.29, 0.717) is 18.3 Å². The highest BCUT2D eigenvalue weighted by molar-refractivity contribution is 5.52. The van der Waals surface area contributed by atoms with E-state index >= 15 is 0 Å². The lowest BCUT2D eigenvalue weighted by Gasteiger charge is -2.36. The van der Waals surface area contributed by atoms with E-state index in [9.17, 15) is 9.59 Å². The number of rotatable bonds is 11. The van der Waals surface area contributed by atoms with Gasteiger partial charge in [0.05, 0.1) is 0 Å². The summed E-state index contributed by atoms with van der Waals surface area (Å²) in [5, 5.41) is 0. The summed E-state index contributed by atoms with van der Waals surface area (Å²) in [7, 11) is 0. The maximum Gasteiger partial charge on any atom is 0.123 e. The fourth-order valence-electron chi connectivity index (χ4n) is 3.48. The van der Waals surface area contributed by atoms with Gasteiger partial charge in [0.1, 0.15) is 11.9 Å². The van der Waals surface area contributed by atoms with E-state index in [1.54, 1.807) is 6.08 Å². The Hall–Kier alpha value is -1.10. The van der Waals surface area contributed by atoms with Crippen LogP contribution in [0.2, 0.25) is 0 Å². The molecule has 0 aromatic carbocycles. The molecular formula is C19H32O2. The Bertz CT molecular complexity index is 370. The molecule has 0 atom stereocenters. The Morgan fingerprint density at radius 3 is 2.05 bits per heavy atom. The van der Waals surface area contributed by atoms with E-state index in [1.807, 2.05) is 5.94 Å². The number of carbonyl (C=O) groups excluding carboxylic acids is 2. The number of hydrogen-bond donors (Lipinski definition) is 0. The van der Waals surface area contributed by atoms with E-state index in [1.165, 1.54) is 0 Å². The topological polar surface area (TPSA) is 34.1 Å². The maximum atomic E-state index is 11.3. The standard InChI is InChI=1S/C19H32O2/c1-6-7-9-18(15-21)14-19(10-8-11-20,12-16(2)3)13-17(4)5/h8,16-17H,6-7,9-10,12-14H2,1-5H3. The molecule has 0 rings (SSSR count). The van der Waals surface area contributed by atoms with E-state index < -0.39 is 0 Å². The molecule has 0 bridgehead atoms. The molecule has 0 unspecified atom stereocenters. The lowest BCUT2D eigenvalue weighted by molar-refractivity contribution is 0.180. The Morgan fingerprint density at radius 1 is 1.10 bits per heavy atom. The van der Waals surface area contributed by atoms with Crippen molar-refractivity contribution in [2.75, 3.05) is 0 Å². The quantitative estimate of drug-likeness (QED) is 0.492. The minimum atomic E-state index is 0.000226. The van der Waals surface area contributed by atoms with Gasteiger partial charge < -0.3 is 0 Å². The highest BCUT2D eigenvalue weighted by Gasteiger charge is 2.32. The molecular weight excluding hydrogens is 260 g/mol. The summed E-state index contributed by atoms with van der Waals surface area (Å²) in [6.07, 6.45) is 8.10. The van der Waals surface area contributed by atoms with E-state index in [4.69, 9.17) is 0 Å². The molecule has 21 heavy (non-hydrogen) atoms.